The van der Waals surface area contributed by atoms with Crippen LogP contribution >= 0.6 is 12.2 Å². The first kappa shape index (κ1) is 16.7. The maximum atomic E-state index is 5.63. The SMILES string of the molecule is S=C(NC[C@@H]1CCCO1)N1CCN(CCc2ccccc2)CC1. The molecule has 0 radical (unpaired) electrons. The number of benzene rings is 1. The van der Waals surface area contributed by atoms with Gasteiger partial charge in [0.2, 0.25) is 0 Å². The summed E-state index contributed by atoms with van der Waals surface area (Å²) in [6.07, 6.45) is 3.81. The normalized spacial score (nSPS) is 22.3. The molecule has 5 heteroatoms. The molecule has 1 atom stereocenters. The third kappa shape index (κ3) is 5.16. The van der Waals surface area contributed by atoms with Crippen molar-refractivity contribution in [1.82, 2.24) is 15.1 Å². The predicted octanol–water partition coefficient (Wildman–Crippen LogP) is 1.90. The zero-order valence-electron chi connectivity index (χ0n) is 13.7. The van der Waals surface area contributed by atoms with E-state index < -0.39 is 0 Å². The van der Waals surface area contributed by atoms with Crippen LogP contribution in [-0.4, -0.2) is 66.9 Å². The third-order valence-corrected chi connectivity index (χ3v) is 5.13. The number of ether oxygens (including phenoxy) is 1. The summed E-state index contributed by atoms with van der Waals surface area (Å²) in [5, 5.41) is 4.27. The van der Waals surface area contributed by atoms with E-state index in [1.54, 1.807) is 0 Å². The topological polar surface area (TPSA) is 27.7 Å². The maximum Gasteiger partial charge on any atom is 0.169 e. The molecule has 2 saturated heterocycles. The van der Waals surface area contributed by atoms with E-state index in [4.69, 9.17) is 17.0 Å². The van der Waals surface area contributed by atoms with Crippen LogP contribution in [0, 0.1) is 0 Å². The van der Waals surface area contributed by atoms with Crippen molar-refractivity contribution < 1.29 is 4.74 Å². The van der Waals surface area contributed by atoms with Crippen molar-refractivity contribution in [1.29, 1.82) is 0 Å². The number of hydrogen-bond donors (Lipinski definition) is 1. The average Bonchev–Trinajstić information content (AvgIpc) is 3.13. The van der Waals surface area contributed by atoms with Crippen molar-refractivity contribution in [3.63, 3.8) is 0 Å². The van der Waals surface area contributed by atoms with Crippen LogP contribution in [-0.2, 0) is 11.2 Å². The van der Waals surface area contributed by atoms with Crippen molar-refractivity contribution in [2.45, 2.75) is 25.4 Å². The molecule has 4 nitrogen and oxygen atoms in total. The highest BCUT2D eigenvalue weighted by molar-refractivity contribution is 7.80. The Morgan fingerprint density at radius 2 is 1.96 bits per heavy atom. The lowest BCUT2D eigenvalue weighted by Crippen LogP contribution is -2.52. The van der Waals surface area contributed by atoms with E-state index in [1.165, 1.54) is 12.0 Å². The number of rotatable bonds is 5. The van der Waals surface area contributed by atoms with Crippen LogP contribution in [0.4, 0.5) is 0 Å². The van der Waals surface area contributed by atoms with Crippen LogP contribution in [0.1, 0.15) is 18.4 Å². The molecule has 0 saturated carbocycles. The molecule has 1 N–H and O–H groups in total. The first-order valence-corrected chi connectivity index (χ1v) is 9.13. The van der Waals surface area contributed by atoms with Crippen LogP contribution in [0.3, 0.4) is 0 Å². The van der Waals surface area contributed by atoms with Crippen molar-refractivity contribution in [3.8, 4) is 0 Å². The Kier molecular flexibility index (Phi) is 6.25. The molecular formula is C18H27N3OS. The monoisotopic (exact) mass is 333 g/mol. The van der Waals surface area contributed by atoms with E-state index in [0.717, 1.165) is 63.8 Å². The molecule has 0 amide bonds. The molecule has 0 spiro atoms. The first-order chi connectivity index (χ1) is 11.3. The van der Waals surface area contributed by atoms with Gasteiger partial charge < -0.3 is 15.0 Å². The molecule has 0 unspecified atom stereocenters. The van der Waals surface area contributed by atoms with Crippen molar-refractivity contribution >= 4 is 17.3 Å². The summed E-state index contributed by atoms with van der Waals surface area (Å²) < 4.78 is 5.63. The Hall–Kier alpha value is -1.17. The minimum atomic E-state index is 0.347. The Balaban J connectivity index is 1.33. The smallest absolute Gasteiger partial charge is 0.169 e. The minimum absolute atomic E-state index is 0.347. The molecule has 1 aromatic carbocycles. The minimum Gasteiger partial charge on any atom is -0.376 e. The summed E-state index contributed by atoms with van der Waals surface area (Å²) >= 11 is 5.53. The van der Waals surface area contributed by atoms with Gasteiger partial charge in [-0.3, -0.25) is 4.90 Å². The Morgan fingerprint density at radius 3 is 2.65 bits per heavy atom. The van der Waals surface area contributed by atoms with Gasteiger partial charge in [0.15, 0.2) is 5.11 Å². The first-order valence-electron chi connectivity index (χ1n) is 8.72. The van der Waals surface area contributed by atoms with E-state index in [0.29, 0.717) is 6.10 Å². The van der Waals surface area contributed by atoms with Crippen LogP contribution in [0.5, 0.6) is 0 Å². The zero-order chi connectivity index (χ0) is 15.9. The van der Waals surface area contributed by atoms with Crippen LogP contribution in [0.25, 0.3) is 0 Å². The van der Waals surface area contributed by atoms with Crippen LogP contribution in [0.15, 0.2) is 30.3 Å². The second kappa shape index (κ2) is 8.62. The Labute approximate surface area is 144 Å². The van der Waals surface area contributed by atoms with Crippen molar-refractivity contribution in [3.05, 3.63) is 35.9 Å². The molecule has 1 aromatic rings. The molecular weight excluding hydrogens is 306 g/mol. The Bertz CT molecular complexity index is 482. The number of piperazine rings is 1. The van der Waals surface area contributed by atoms with Crippen LogP contribution in [0.2, 0.25) is 0 Å². The van der Waals surface area contributed by atoms with E-state index >= 15 is 0 Å². The predicted molar refractivity (Wildman–Crippen MR) is 97.7 cm³/mol. The highest BCUT2D eigenvalue weighted by Crippen LogP contribution is 2.11. The van der Waals surface area contributed by atoms with Gasteiger partial charge in [-0.25, -0.2) is 0 Å². The van der Waals surface area contributed by atoms with E-state index in [2.05, 4.69) is 45.4 Å². The van der Waals surface area contributed by atoms with Crippen molar-refractivity contribution in [2.24, 2.45) is 0 Å². The second-order valence-electron chi connectivity index (χ2n) is 6.39. The summed E-state index contributed by atoms with van der Waals surface area (Å²) in [6.45, 7) is 7.11. The fourth-order valence-electron chi connectivity index (χ4n) is 3.22. The van der Waals surface area contributed by atoms with Gasteiger partial charge >= 0.3 is 0 Å². The second-order valence-corrected chi connectivity index (χ2v) is 6.77. The average molecular weight is 334 g/mol. The van der Waals surface area contributed by atoms with Gasteiger partial charge in [0.05, 0.1) is 6.10 Å². The standard InChI is InChI=1S/C18H27N3OS/c23-18(19-15-17-7-4-14-22-17)21-12-10-20(11-13-21)9-8-16-5-2-1-3-6-16/h1-3,5-6,17H,4,7-15H2,(H,19,23)/t17-/m0/s1. The number of nitrogens with zero attached hydrogens (tertiary/aromatic N) is 2. The summed E-state index contributed by atoms with van der Waals surface area (Å²) in [6, 6.07) is 10.7. The molecule has 0 bridgehead atoms. The van der Waals surface area contributed by atoms with E-state index in [1.807, 2.05) is 0 Å². The summed E-state index contributed by atoms with van der Waals surface area (Å²) in [4.78, 5) is 4.83. The molecule has 2 aliphatic heterocycles. The van der Waals surface area contributed by atoms with Crippen molar-refractivity contribution in [2.75, 3.05) is 45.9 Å². The fourth-order valence-corrected chi connectivity index (χ4v) is 3.49. The lowest BCUT2D eigenvalue weighted by atomic mass is 10.1. The molecule has 23 heavy (non-hydrogen) atoms. The molecule has 2 aliphatic rings. The zero-order valence-corrected chi connectivity index (χ0v) is 14.6. The maximum absolute atomic E-state index is 5.63. The van der Waals surface area contributed by atoms with E-state index in [9.17, 15) is 0 Å². The van der Waals surface area contributed by atoms with Gasteiger partial charge in [0, 0.05) is 45.9 Å². The fraction of sp³-hybridized carbons (Fsp3) is 0.611. The molecule has 2 fully saturated rings. The molecule has 2 heterocycles. The van der Waals surface area contributed by atoms with Gasteiger partial charge in [-0.2, -0.15) is 0 Å². The highest BCUT2D eigenvalue weighted by Gasteiger charge is 2.20. The number of thiocarbonyl (C=S) groups is 1. The molecule has 3 rings (SSSR count). The lowest BCUT2D eigenvalue weighted by molar-refractivity contribution is 0.112. The Morgan fingerprint density at radius 1 is 1.17 bits per heavy atom. The molecule has 0 aliphatic carbocycles. The van der Waals surface area contributed by atoms with Crippen LogP contribution < -0.4 is 5.32 Å². The quantitative estimate of drug-likeness (QED) is 0.831. The van der Waals surface area contributed by atoms with Gasteiger partial charge in [-0.15, -0.1) is 0 Å². The lowest BCUT2D eigenvalue weighted by Gasteiger charge is -2.36. The van der Waals surface area contributed by atoms with Gasteiger partial charge in [-0.1, -0.05) is 30.3 Å². The molecule has 0 aromatic heterocycles. The highest BCUT2D eigenvalue weighted by atomic mass is 32.1. The van der Waals surface area contributed by atoms with Gasteiger partial charge in [0.1, 0.15) is 0 Å². The summed E-state index contributed by atoms with van der Waals surface area (Å²) in [5.41, 5.74) is 1.42. The largest absolute Gasteiger partial charge is 0.376 e. The number of nitrogens with one attached hydrogen (secondary N) is 1. The third-order valence-electron chi connectivity index (χ3n) is 4.72. The van der Waals surface area contributed by atoms with Gasteiger partial charge in [-0.05, 0) is 37.0 Å². The summed E-state index contributed by atoms with van der Waals surface area (Å²) in [7, 11) is 0. The summed E-state index contributed by atoms with van der Waals surface area (Å²) in [5.74, 6) is 0. The van der Waals surface area contributed by atoms with Gasteiger partial charge in [0.25, 0.3) is 0 Å². The molecule has 126 valence electrons. The van der Waals surface area contributed by atoms with E-state index in [-0.39, 0.29) is 0 Å². The number of hydrogen-bond acceptors (Lipinski definition) is 3.